The van der Waals surface area contributed by atoms with Crippen molar-refractivity contribution in [3.05, 3.63) is 41.5 Å². The zero-order valence-electron chi connectivity index (χ0n) is 7.87. The van der Waals surface area contributed by atoms with Gasteiger partial charge in [0.25, 0.3) is 0 Å². The molecule has 0 atom stereocenters. The topological polar surface area (TPSA) is 26.3 Å². The van der Waals surface area contributed by atoms with Gasteiger partial charge in [0.1, 0.15) is 0 Å². The fourth-order valence-corrected chi connectivity index (χ4v) is 1.30. The zero-order chi connectivity index (χ0) is 10.4. The number of carbonyl (C=O) groups excluding carboxylic acids is 1. The number of halogens is 1. The van der Waals surface area contributed by atoms with Crippen molar-refractivity contribution < 1.29 is 9.53 Å². The normalized spacial score (nSPS) is 10.4. The van der Waals surface area contributed by atoms with Crippen molar-refractivity contribution in [1.29, 1.82) is 0 Å². The van der Waals surface area contributed by atoms with Crippen LogP contribution < -0.4 is 0 Å². The number of rotatable bonds is 3. The van der Waals surface area contributed by atoms with Gasteiger partial charge in [0.05, 0.1) is 12.7 Å². The van der Waals surface area contributed by atoms with E-state index in [1.165, 1.54) is 7.11 Å². The summed E-state index contributed by atoms with van der Waals surface area (Å²) in [7, 11) is 1.38. The zero-order valence-corrected chi connectivity index (χ0v) is 9.45. The number of carbonyl (C=O) groups is 1. The first-order valence-electron chi connectivity index (χ1n) is 4.19. The molecule has 14 heavy (non-hydrogen) atoms. The Morgan fingerprint density at radius 3 is 2.86 bits per heavy atom. The van der Waals surface area contributed by atoms with Gasteiger partial charge in [0, 0.05) is 5.33 Å². The lowest BCUT2D eigenvalue weighted by molar-refractivity contribution is 0.0600. The molecule has 3 heteroatoms. The molecular weight excluding hydrogens is 244 g/mol. The quantitative estimate of drug-likeness (QED) is 0.613. The molecule has 0 fully saturated rings. The molecule has 0 unspecified atom stereocenters. The highest BCUT2D eigenvalue weighted by Gasteiger charge is 2.07. The van der Waals surface area contributed by atoms with Crippen LogP contribution in [-0.4, -0.2) is 18.4 Å². The number of allylic oxidation sites excluding steroid dienone is 1. The van der Waals surface area contributed by atoms with E-state index in [4.69, 9.17) is 0 Å². The first-order valence-corrected chi connectivity index (χ1v) is 5.31. The monoisotopic (exact) mass is 254 g/mol. The fourth-order valence-electron chi connectivity index (χ4n) is 1.11. The first-order chi connectivity index (χ1) is 6.79. The van der Waals surface area contributed by atoms with Crippen molar-refractivity contribution in [2.75, 3.05) is 12.4 Å². The molecule has 0 radical (unpaired) electrons. The molecule has 1 aromatic rings. The van der Waals surface area contributed by atoms with E-state index in [9.17, 15) is 4.79 Å². The molecule has 0 aliphatic rings. The molecule has 1 aromatic carbocycles. The Hall–Kier alpha value is -1.09. The Morgan fingerprint density at radius 1 is 1.50 bits per heavy atom. The molecule has 74 valence electrons. The lowest BCUT2D eigenvalue weighted by Crippen LogP contribution is -2.03. The van der Waals surface area contributed by atoms with Crippen LogP contribution in [0.25, 0.3) is 6.08 Å². The third-order valence-electron chi connectivity index (χ3n) is 1.75. The second kappa shape index (κ2) is 5.60. The van der Waals surface area contributed by atoms with Crippen LogP contribution in [0, 0.1) is 0 Å². The summed E-state index contributed by atoms with van der Waals surface area (Å²) >= 11 is 3.28. The van der Waals surface area contributed by atoms with Gasteiger partial charge in [-0.1, -0.05) is 46.3 Å². The molecule has 0 aliphatic carbocycles. The number of benzene rings is 1. The van der Waals surface area contributed by atoms with E-state index in [1.54, 1.807) is 6.07 Å². The average molecular weight is 255 g/mol. The van der Waals surface area contributed by atoms with Gasteiger partial charge in [-0.05, 0) is 11.6 Å². The van der Waals surface area contributed by atoms with Crippen LogP contribution in [0.4, 0.5) is 0 Å². The number of alkyl halides is 1. The third kappa shape index (κ3) is 2.70. The largest absolute Gasteiger partial charge is 0.465 e. The highest BCUT2D eigenvalue weighted by Crippen LogP contribution is 2.11. The molecular formula is C11H11BrO2. The van der Waals surface area contributed by atoms with Gasteiger partial charge in [0.15, 0.2) is 0 Å². The second-order valence-corrected chi connectivity index (χ2v) is 3.28. The molecule has 0 saturated carbocycles. The van der Waals surface area contributed by atoms with Gasteiger partial charge in [0.2, 0.25) is 0 Å². The Balaban J connectivity index is 3.03. The Bertz CT molecular complexity index is 345. The predicted molar refractivity (Wildman–Crippen MR) is 60.6 cm³/mol. The van der Waals surface area contributed by atoms with E-state index in [0.29, 0.717) is 5.56 Å². The Morgan fingerprint density at radius 2 is 2.21 bits per heavy atom. The highest BCUT2D eigenvalue weighted by atomic mass is 79.9. The number of ether oxygens (including phenoxy) is 1. The van der Waals surface area contributed by atoms with Crippen LogP contribution in [0.15, 0.2) is 30.3 Å². The number of esters is 1. The summed E-state index contributed by atoms with van der Waals surface area (Å²) in [6, 6.07) is 7.34. The number of methoxy groups -OCH3 is 1. The summed E-state index contributed by atoms with van der Waals surface area (Å²) in [5.41, 5.74) is 1.46. The van der Waals surface area contributed by atoms with Crippen molar-refractivity contribution in [3.8, 4) is 0 Å². The van der Waals surface area contributed by atoms with Crippen molar-refractivity contribution >= 4 is 28.0 Å². The molecule has 0 aliphatic heterocycles. The van der Waals surface area contributed by atoms with E-state index in [1.807, 2.05) is 30.4 Å². The van der Waals surface area contributed by atoms with Gasteiger partial charge < -0.3 is 4.74 Å². The molecule has 0 heterocycles. The molecule has 1 rings (SSSR count). The van der Waals surface area contributed by atoms with Crippen molar-refractivity contribution in [3.63, 3.8) is 0 Å². The summed E-state index contributed by atoms with van der Waals surface area (Å²) in [6.07, 6.45) is 3.82. The van der Waals surface area contributed by atoms with Crippen LogP contribution in [0.5, 0.6) is 0 Å². The van der Waals surface area contributed by atoms with E-state index < -0.39 is 0 Å². The maximum atomic E-state index is 11.3. The number of hydrogen-bond acceptors (Lipinski definition) is 2. The minimum Gasteiger partial charge on any atom is -0.465 e. The van der Waals surface area contributed by atoms with Crippen LogP contribution in [-0.2, 0) is 4.74 Å². The molecule has 0 bridgehead atoms. The van der Waals surface area contributed by atoms with Gasteiger partial charge in [-0.3, -0.25) is 0 Å². The number of hydrogen-bond donors (Lipinski definition) is 0. The molecule has 0 N–H and O–H groups in total. The highest BCUT2D eigenvalue weighted by molar-refractivity contribution is 9.09. The van der Waals surface area contributed by atoms with Crippen molar-refractivity contribution in [2.24, 2.45) is 0 Å². The Labute approximate surface area is 91.7 Å². The maximum Gasteiger partial charge on any atom is 0.338 e. The van der Waals surface area contributed by atoms with Crippen molar-refractivity contribution in [1.82, 2.24) is 0 Å². The van der Waals surface area contributed by atoms with Crippen LogP contribution in [0.2, 0.25) is 0 Å². The minimum absolute atomic E-state index is 0.306. The van der Waals surface area contributed by atoms with Gasteiger partial charge in [-0.2, -0.15) is 0 Å². The first kappa shape index (κ1) is 11.0. The third-order valence-corrected chi connectivity index (χ3v) is 2.13. The lowest BCUT2D eigenvalue weighted by Gasteiger charge is -2.02. The molecule has 0 aromatic heterocycles. The standard InChI is InChI=1S/C11H11BrO2/c1-14-11(13)10-7-3-2-5-9(10)6-4-8-12/h2-7H,8H2,1H3. The van der Waals surface area contributed by atoms with Gasteiger partial charge in [-0.15, -0.1) is 0 Å². The lowest BCUT2D eigenvalue weighted by atomic mass is 10.1. The summed E-state index contributed by atoms with van der Waals surface area (Å²) in [5, 5.41) is 0.766. The van der Waals surface area contributed by atoms with Crippen LogP contribution >= 0.6 is 15.9 Å². The van der Waals surface area contributed by atoms with Gasteiger partial charge >= 0.3 is 5.97 Å². The summed E-state index contributed by atoms with van der Waals surface area (Å²) in [5.74, 6) is -0.306. The molecule has 2 nitrogen and oxygen atoms in total. The van der Waals surface area contributed by atoms with Crippen molar-refractivity contribution in [2.45, 2.75) is 0 Å². The van der Waals surface area contributed by atoms with Crippen LogP contribution in [0.3, 0.4) is 0 Å². The second-order valence-electron chi connectivity index (χ2n) is 2.64. The molecule has 0 amide bonds. The molecule has 0 saturated heterocycles. The van der Waals surface area contributed by atoms with E-state index >= 15 is 0 Å². The smallest absolute Gasteiger partial charge is 0.338 e. The predicted octanol–water partition coefficient (Wildman–Crippen LogP) is 2.88. The fraction of sp³-hybridized carbons (Fsp3) is 0.182. The molecule has 0 spiro atoms. The SMILES string of the molecule is COC(=O)c1ccccc1C=CCBr. The van der Waals surface area contributed by atoms with E-state index in [2.05, 4.69) is 20.7 Å². The van der Waals surface area contributed by atoms with E-state index in [-0.39, 0.29) is 5.97 Å². The van der Waals surface area contributed by atoms with Gasteiger partial charge in [-0.25, -0.2) is 4.79 Å². The summed E-state index contributed by atoms with van der Waals surface area (Å²) in [4.78, 5) is 11.3. The summed E-state index contributed by atoms with van der Waals surface area (Å²) in [6.45, 7) is 0. The Kier molecular flexibility index (Phi) is 4.40. The maximum absolute atomic E-state index is 11.3. The average Bonchev–Trinajstić information content (AvgIpc) is 2.25. The van der Waals surface area contributed by atoms with Crippen LogP contribution in [0.1, 0.15) is 15.9 Å². The van der Waals surface area contributed by atoms with E-state index in [0.717, 1.165) is 10.9 Å². The minimum atomic E-state index is -0.306. The summed E-state index contributed by atoms with van der Waals surface area (Å²) < 4.78 is 4.67.